The molecule has 0 unspecified atom stereocenters. The smallest absolute Gasteiger partial charge is 0.184 e. The average molecular weight is 435 g/mol. The Morgan fingerprint density at radius 3 is 1.74 bits per heavy atom. The minimum atomic E-state index is -1.67. The molecular weight excluding hydrogens is 396 g/mol. The topological polar surface area (TPSA) is 115 Å². The first-order chi connectivity index (χ1) is 14.2. The molecule has 0 saturated heterocycles. The van der Waals surface area contributed by atoms with E-state index in [9.17, 15) is 30.0 Å². The third-order valence-corrected chi connectivity index (χ3v) is 5.65. The Morgan fingerprint density at radius 2 is 1.39 bits per heavy atom. The summed E-state index contributed by atoms with van der Waals surface area (Å²) in [6.07, 6.45) is 0.763. The molecule has 174 valence electrons. The van der Waals surface area contributed by atoms with Gasteiger partial charge in [0.15, 0.2) is 11.6 Å². The highest BCUT2D eigenvalue weighted by Crippen LogP contribution is 2.47. The quantitative estimate of drug-likeness (QED) is 0.314. The Labute approximate surface area is 185 Å². The summed E-state index contributed by atoms with van der Waals surface area (Å²) < 4.78 is 0. The van der Waals surface area contributed by atoms with Gasteiger partial charge < -0.3 is 20.4 Å². The van der Waals surface area contributed by atoms with Crippen molar-refractivity contribution in [2.45, 2.75) is 80.4 Å². The lowest BCUT2D eigenvalue weighted by Crippen LogP contribution is -2.45. The third-order valence-electron chi connectivity index (χ3n) is 5.65. The lowest BCUT2D eigenvalue weighted by atomic mass is 9.65. The molecule has 0 spiro atoms. The molecule has 0 fully saturated rings. The highest BCUT2D eigenvalue weighted by molar-refractivity contribution is 6.24. The molecule has 0 amide bonds. The van der Waals surface area contributed by atoms with E-state index in [0.717, 1.165) is 11.1 Å². The minimum Gasteiger partial charge on any atom is -0.511 e. The maximum atomic E-state index is 13.7. The molecule has 2 atom stereocenters. The van der Waals surface area contributed by atoms with Crippen LogP contribution >= 0.6 is 0 Å². The Bertz CT molecular complexity index is 810. The monoisotopic (exact) mass is 434 g/mol. The van der Waals surface area contributed by atoms with Gasteiger partial charge in [0.2, 0.25) is 0 Å². The second kappa shape index (κ2) is 10.4. The summed E-state index contributed by atoms with van der Waals surface area (Å²) >= 11 is 0. The molecule has 0 aliphatic heterocycles. The van der Waals surface area contributed by atoms with Crippen LogP contribution < -0.4 is 0 Å². The van der Waals surface area contributed by atoms with Gasteiger partial charge in [0.05, 0.1) is 17.1 Å². The largest absolute Gasteiger partial charge is 0.511 e. The van der Waals surface area contributed by atoms with Gasteiger partial charge in [0, 0.05) is 5.92 Å². The van der Waals surface area contributed by atoms with Gasteiger partial charge in [-0.1, -0.05) is 51.0 Å². The number of aliphatic hydroxyl groups excluding tert-OH is 4. The fraction of sp³-hybridized carbons (Fsp3) is 0.600. The molecule has 1 aliphatic rings. The Kier molecular flexibility index (Phi) is 9.03. The number of carbonyl (C=O) groups excluding carboxylic acids is 2. The minimum absolute atomic E-state index is 0.0833. The fourth-order valence-electron chi connectivity index (χ4n) is 3.51. The van der Waals surface area contributed by atoms with Crippen LogP contribution in [-0.2, 0) is 9.59 Å². The molecule has 0 bridgehead atoms. The molecule has 0 aromatic rings. The Hall–Kier alpha value is -2.18. The molecule has 6 nitrogen and oxygen atoms in total. The highest BCUT2D eigenvalue weighted by atomic mass is 16.3. The average Bonchev–Trinajstić information content (AvgIpc) is 2.66. The van der Waals surface area contributed by atoms with Crippen LogP contribution in [0.25, 0.3) is 0 Å². The van der Waals surface area contributed by atoms with Crippen molar-refractivity contribution < 1.29 is 30.0 Å². The zero-order valence-electron chi connectivity index (χ0n) is 20.0. The predicted molar refractivity (Wildman–Crippen MR) is 122 cm³/mol. The van der Waals surface area contributed by atoms with Gasteiger partial charge in [0.25, 0.3) is 0 Å². The number of ketones is 2. The summed E-state index contributed by atoms with van der Waals surface area (Å²) in [6.45, 7) is 14.0. The van der Waals surface area contributed by atoms with Crippen LogP contribution in [0.1, 0.15) is 68.2 Å². The number of carbonyl (C=O) groups is 2. The Morgan fingerprint density at radius 1 is 0.935 bits per heavy atom. The van der Waals surface area contributed by atoms with Gasteiger partial charge in [-0.2, -0.15) is 0 Å². The Balaban J connectivity index is 3.98. The number of Topliss-reactive ketones (excluding diaryl/α,β-unsaturated/α-hetero) is 2. The van der Waals surface area contributed by atoms with Crippen molar-refractivity contribution in [2.24, 2.45) is 17.3 Å². The number of rotatable bonds is 9. The fourth-order valence-corrected chi connectivity index (χ4v) is 3.51. The molecule has 0 radical (unpaired) electrons. The van der Waals surface area contributed by atoms with E-state index in [4.69, 9.17) is 0 Å². The van der Waals surface area contributed by atoms with E-state index in [-0.39, 0.29) is 18.4 Å². The number of aliphatic hydroxyl groups is 4. The van der Waals surface area contributed by atoms with E-state index in [2.05, 4.69) is 0 Å². The molecular formula is C25H38O6. The van der Waals surface area contributed by atoms with Crippen LogP contribution in [0, 0.1) is 17.3 Å². The molecule has 0 aromatic heterocycles. The summed E-state index contributed by atoms with van der Waals surface area (Å²) in [5.74, 6) is -3.48. The third kappa shape index (κ3) is 5.55. The van der Waals surface area contributed by atoms with Crippen molar-refractivity contribution in [3.8, 4) is 0 Å². The summed E-state index contributed by atoms with van der Waals surface area (Å²) in [4.78, 5) is 26.6. The SMILES string of the molecule is CC(C)=CCC1(CC=C(C)C)C(=O)C(C(=O)C(C)C)=C(O)C([C@H](O)[C@@H](O)C(C)C)=C1O. The molecule has 6 heteroatoms. The maximum absolute atomic E-state index is 13.7. The first-order valence-corrected chi connectivity index (χ1v) is 10.8. The van der Waals surface area contributed by atoms with Crippen LogP contribution in [0.15, 0.2) is 46.0 Å². The van der Waals surface area contributed by atoms with E-state index >= 15 is 0 Å². The van der Waals surface area contributed by atoms with E-state index in [0.29, 0.717) is 0 Å². The standard InChI is InChI=1S/C25H38O6/c1-13(2)9-11-25(12-10-14(3)4)23(30)17(19(26)15(5)6)21(28)18(24(25)31)22(29)20(27)16(7)8/h9-10,15-16,20,22,27-29,31H,11-12H2,1-8H3/t20-,22-/m0/s1. The summed E-state index contributed by atoms with van der Waals surface area (Å²) in [5.41, 5.74) is -0.515. The van der Waals surface area contributed by atoms with Gasteiger partial charge in [-0.25, -0.2) is 0 Å². The van der Waals surface area contributed by atoms with Crippen LogP contribution in [-0.4, -0.2) is 44.2 Å². The maximum Gasteiger partial charge on any atom is 0.184 e. The van der Waals surface area contributed by atoms with Crippen molar-refractivity contribution in [3.05, 3.63) is 46.0 Å². The normalized spacial score (nSPS) is 18.4. The van der Waals surface area contributed by atoms with Crippen LogP contribution in [0.3, 0.4) is 0 Å². The van der Waals surface area contributed by atoms with Crippen LogP contribution in [0.5, 0.6) is 0 Å². The van der Waals surface area contributed by atoms with Crippen LogP contribution in [0.4, 0.5) is 0 Å². The van der Waals surface area contributed by atoms with Gasteiger partial charge in [-0.05, 0) is 46.5 Å². The predicted octanol–water partition coefficient (Wildman–Crippen LogP) is 4.50. The van der Waals surface area contributed by atoms with Gasteiger partial charge in [-0.3, -0.25) is 9.59 Å². The first kappa shape index (κ1) is 26.9. The van der Waals surface area contributed by atoms with Crippen molar-refractivity contribution in [1.82, 2.24) is 0 Å². The summed E-state index contributed by atoms with van der Waals surface area (Å²) in [7, 11) is 0. The van der Waals surface area contributed by atoms with E-state index in [1.807, 2.05) is 27.7 Å². The second-order valence-electron chi connectivity index (χ2n) is 9.57. The molecule has 1 aliphatic carbocycles. The van der Waals surface area contributed by atoms with Gasteiger partial charge >= 0.3 is 0 Å². The van der Waals surface area contributed by atoms with Gasteiger partial charge in [0.1, 0.15) is 23.2 Å². The van der Waals surface area contributed by atoms with Crippen molar-refractivity contribution >= 4 is 11.6 Å². The molecule has 4 N–H and O–H groups in total. The van der Waals surface area contributed by atoms with Gasteiger partial charge in [-0.15, -0.1) is 0 Å². The summed E-state index contributed by atoms with van der Waals surface area (Å²) in [6, 6.07) is 0. The zero-order valence-corrected chi connectivity index (χ0v) is 20.0. The van der Waals surface area contributed by atoms with E-state index < -0.39 is 58.1 Å². The molecule has 0 saturated carbocycles. The van der Waals surface area contributed by atoms with Crippen LogP contribution in [0.2, 0.25) is 0 Å². The second-order valence-corrected chi connectivity index (χ2v) is 9.57. The lowest BCUT2D eigenvalue weighted by Gasteiger charge is -2.38. The van der Waals surface area contributed by atoms with E-state index in [1.165, 1.54) is 0 Å². The number of hydrogen-bond acceptors (Lipinski definition) is 6. The van der Waals surface area contributed by atoms with Crippen molar-refractivity contribution in [2.75, 3.05) is 0 Å². The highest BCUT2D eigenvalue weighted by Gasteiger charge is 2.52. The zero-order chi connectivity index (χ0) is 24.3. The van der Waals surface area contributed by atoms with Crippen molar-refractivity contribution in [3.63, 3.8) is 0 Å². The molecule has 31 heavy (non-hydrogen) atoms. The number of allylic oxidation sites excluding steroid dienone is 6. The first-order valence-electron chi connectivity index (χ1n) is 10.8. The molecule has 0 heterocycles. The summed E-state index contributed by atoms with van der Waals surface area (Å²) in [5, 5.41) is 43.5. The van der Waals surface area contributed by atoms with Crippen molar-refractivity contribution in [1.29, 1.82) is 0 Å². The number of hydrogen-bond donors (Lipinski definition) is 4. The molecule has 0 aromatic carbocycles. The lowest BCUT2D eigenvalue weighted by molar-refractivity contribution is -0.129. The molecule has 1 rings (SSSR count). The van der Waals surface area contributed by atoms with E-state index in [1.54, 1.807) is 39.8 Å².